The Bertz CT molecular complexity index is 503. The van der Waals surface area contributed by atoms with Crippen LogP contribution in [-0.2, 0) is 0 Å². The van der Waals surface area contributed by atoms with Gasteiger partial charge >= 0.3 is 0 Å². The molecule has 2 aromatic rings. The van der Waals surface area contributed by atoms with Crippen LogP contribution < -0.4 is 0 Å². The molecule has 0 saturated heterocycles. The molecule has 0 aliphatic heterocycles. The van der Waals surface area contributed by atoms with Gasteiger partial charge in [-0.15, -0.1) is 0 Å². The largest absolute Gasteiger partial charge is 0.507 e. The third-order valence-electron chi connectivity index (χ3n) is 2.11. The number of hydrogen-bond acceptors (Lipinski definition) is 3. The van der Waals surface area contributed by atoms with Gasteiger partial charge in [0.15, 0.2) is 0 Å². The number of phenols is 2. The minimum atomic E-state index is 0.000463. The minimum absolute atomic E-state index is 0.000463. The molecule has 0 fully saturated rings. The van der Waals surface area contributed by atoms with Crippen molar-refractivity contribution in [2.24, 2.45) is 0 Å². The summed E-state index contributed by atoms with van der Waals surface area (Å²) in [6.07, 6.45) is 0.631. The van der Waals surface area contributed by atoms with Crippen molar-refractivity contribution in [2.45, 2.75) is 0 Å². The third kappa shape index (κ3) is 1.19. The Morgan fingerprint density at radius 3 is 2.50 bits per heavy atom. The third-order valence-corrected chi connectivity index (χ3v) is 2.11. The molecule has 0 saturated carbocycles. The zero-order chi connectivity index (χ0) is 10.1. The van der Waals surface area contributed by atoms with Crippen LogP contribution in [0.2, 0.25) is 0 Å². The summed E-state index contributed by atoms with van der Waals surface area (Å²) in [6, 6.07) is 7.74. The number of aromatic hydroxyl groups is 2. The lowest BCUT2D eigenvalue weighted by molar-refractivity contribution is 0.112. The van der Waals surface area contributed by atoms with E-state index in [1.807, 2.05) is 0 Å². The van der Waals surface area contributed by atoms with Gasteiger partial charge in [0.1, 0.15) is 17.8 Å². The molecule has 0 aromatic heterocycles. The summed E-state index contributed by atoms with van der Waals surface area (Å²) in [5.74, 6) is 0.0574. The summed E-state index contributed by atoms with van der Waals surface area (Å²) in [4.78, 5) is 10.5. The van der Waals surface area contributed by atoms with Crippen LogP contribution in [0.15, 0.2) is 30.3 Å². The van der Waals surface area contributed by atoms with Crippen molar-refractivity contribution in [1.29, 1.82) is 0 Å². The topological polar surface area (TPSA) is 57.5 Å². The molecule has 2 N–H and O–H groups in total. The van der Waals surface area contributed by atoms with E-state index in [0.29, 0.717) is 22.6 Å². The lowest BCUT2D eigenvalue weighted by Gasteiger charge is -2.03. The molecule has 3 heteroatoms. The van der Waals surface area contributed by atoms with E-state index < -0.39 is 0 Å². The zero-order valence-electron chi connectivity index (χ0n) is 7.27. The monoisotopic (exact) mass is 188 g/mol. The van der Waals surface area contributed by atoms with Crippen LogP contribution >= 0.6 is 0 Å². The zero-order valence-corrected chi connectivity index (χ0v) is 7.27. The van der Waals surface area contributed by atoms with Crippen LogP contribution in [-0.4, -0.2) is 16.5 Å². The van der Waals surface area contributed by atoms with Gasteiger partial charge in [0, 0.05) is 16.3 Å². The molecule has 0 amide bonds. The molecule has 2 aromatic carbocycles. The van der Waals surface area contributed by atoms with Crippen LogP contribution in [0.5, 0.6) is 11.5 Å². The maximum atomic E-state index is 10.5. The van der Waals surface area contributed by atoms with Crippen molar-refractivity contribution in [2.75, 3.05) is 0 Å². The molecule has 70 valence electrons. The first kappa shape index (κ1) is 8.56. The average Bonchev–Trinajstić information content (AvgIpc) is 2.19. The van der Waals surface area contributed by atoms with Crippen LogP contribution in [0.25, 0.3) is 10.8 Å². The molecule has 0 heterocycles. The number of rotatable bonds is 1. The average molecular weight is 188 g/mol. The maximum Gasteiger partial charge on any atom is 0.150 e. The highest BCUT2D eigenvalue weighted by Gasteiger charge is 2.05. The van der Waals surface area contributed by atoms with Crippen LogP contribution in [0.3, 0.4) is 0 Å². The molecule has 0 atom stereocenters. The predicted molar refractivity (Wildman–Crippen MR) is 52.7 cm³/mol. The van der Waals surface area contributed by atoms with E-state index in [9.17, 15) is 15.0 Å². The Labute approximate surface area is 80.2 Å². The molecule has 0 bridgehead atoms. The lowest BCUT2D eigenvalue weighted by atomic mass is 10.1. The summed E-state index contributed by atoms with van der Waals surface area (Å²) in [5.41, 5.74) is 0.344. The molecule has 0 unspecified atom stereocenters. The number of phenolic OH excluding ortho intramolecular Hbond substituents is 2. The number of hydrogen-bond donors (Lipinski definition) is 2. The highest BCUT2D eigenvalue weighted by molar-refractivity contribution is 5.96. The molecule has 0 radical (unpaired) electrons. The van der Waals surface area contributed by atoms with Crippen molar-refractivity contribution in [3.63, 3.8) is 0 Å². The lowest BCUT2D eigenvalue weighted by Crippen LogP contribution is -1.82. The SMILES string of the molecule is O=Cc1cc(O)c2cccc(O)c2c1. The molecular weight excluding hydrogens is 180 g/mol. The van der Waals surface area contributed by atoms with Gasteiger partial charge in [-0.25, -0.2) is 0 Å². The van der Waals surface area contributed by atoms with E-state index in [1.165, 1.54) is 18.2 Å². The van der Waals surface area contributed by atoms with Gasteiger partial charge in [0.2, 0.25) is 0 Å². The van der Waals surface area contributed by atoms with Crippen LogP contribution in [0.1, 0.15) is 10.4 Å². The normalized spacial score (nSPS) is 10.3. The van der Waals surface area contributed by atoms with Crippen LogP contribution in [0.4, 0.5) is 0 Å². The van der Waals surface area contributed by atoms with Crippen molar-refractivity contribution in [1.82, 2.24) is 0 Å². The van der Waals surface area contributed by atoms with E-state index in [0.717, 1.165) is 0 Å². The van der Waals surface area contributed by atoms with Gasteiger partial charge in [0.25, 0.3) is 0 Å². The Hall–Kier alpha value is -2.03. The fourth-order valence-electron chi connectivity index (χ4n) is 1.44. The van der Waals surface area contributed by atoms with Gasteiger partial charge in [-0.1, -0.05) is 12.1 Å². The number of benzene rings is 2. The van der Waals surface area contributed by atoms with E-state index >= 15 is 0 Å². The Morgan fingerprint density at radius 2 is 1.79 bits per heavy atom. The molecular formula is C11H8O3. The number of aldehydes is 1. The first-order chi connectivity index (χ1) is 6.72. The fraction of sp³-hybridized carbons (Fsp3) is 0. The highest BCUT2D eigenvalue weighted by Crippen LogP contribution is 2.31. The van der Waals surface area contributed by atoms with Crippen molar-refractivity contribution < 1.29 is 15.0 Å². The highest BCUT2D eigenvalue weighted by atomic mass is 16.3. The van der Waals surface area contributed by atoms with Crippen molar-refractivity contribution >= 4 is 17.1 Å². The van der Waals surface area contributed by atoms with Crippen LogP contribution in [0, 0.1) is 0 Å². The van der Waals surface area contributed by atoms with Gasteiger partial charge < -0.3 is 10.2 Å². The van der Waals surface area contributed by atoms with E-state index in [-0.39, 0.29) is 11.5 Å². The maximum absolute atomic E-state index is 10.5. The van der Waals surface area contributed by atoms with E-state index in [2.05, 4.69) is 0 Å². The fourth-order valence-corrected chi connectivity index (χ4v) is 1.44. The molecule has 0 aliphatic carbocycles. The van der Waals surface area contributed by atoms with Crippen molar-refractivity contribution in [3.8, 4) is 11.5 Å². The van der Waals surface area contributed by atoms with Gasteiger partial charge in [0.05, 0.1) is 0 Å². The molecule has 0 aliphatic rings. The number of carbonyl (C=O) groups is 1. The smallest absolute Gasteiger partial charge is 0.150 e. The number of fused-ring (bicyclic) bond motifs is 1. The summed E-state index contributed by atoms with van der Waals surface area (Å²) < 4.78 is 0. The summed E-state index contributed by atoms with van der Waals surface area (Å²) in [5, 5.41) is 20.0. The minimum Gasteiger partial charge on any atom is -0.507 e. The summed E-state index contributed by atoms with van der Waals surface area (Å²) in [7, 11) is 0. The van der Waals surface area contributed by atoms with E-state index in [1.54, 1.807) is 12.1 Å². The molecule has 2 rings (SSSR count). The summed E-state index contributed by atoms with van der Waals surface area (Å²) in [6.45, 7) is 0. The molecule has 0 spiro atoms. The number of carbonyl (C=O) groups excluding carboxylic acids is 1. The molecule has 14 heavy (non-hydrogen) atoms. The van der Waals surface area contributed by atoms with E-state index in [4.69, 9.17) is 0 Å². The Kier molecular flexibility index (Phi) is 1.85. The quantitative estimate of drug-likeness (QED) is 0.673. The van der Waals surface area contributed by atoms with Gasteiger partial charge in [-0.2, -0.15) is 0 Å². The van der Waals surface area contributed by atoms with Gasteiger partial charge in [-0.3, -0.25) is 4.79 Å². The second kappa shape index (κ2) is 3.03. The standard InChI is InChI=1S/C11H8O3/c12-6-7-4-9-8(11(14)5-7)2-1-3-10(9)13/h1-6,13-14H. The second-order valence-corrected chi connectivity index (χ2v) is 3.03. The van der Waals surface area contributed by atoms with Gasteiger partial charge in [-0.05, 0) is 18.2 Å². The predicted octanol–water partition coefficient (Wildman–Crippen LogP) is 2.06. The Morgan fingerprint density at radius 1 is 1.00 bits per heavy atom. The van der Waals surface area contributed by atoms with Crippen molar-refractivity contribution in [3.05, 3.63) is 35.9 Å². The second-order valence-electron chi connectivity index (χ2n) is 3.03. The first-order valence-corrected chi connectivity index (χ1v) is 4.12. The first-order valence-electron chi connectivity index (χ1n) is 4.12. The summed E-state index contributed by atoms with van der Waals surface area (Å²) >= 11 is 0. The Balaban J connectivity index is 2.90. The molecule has 3 nitrogen and oxygen atoms in total.